The van der Waals surface area contributed by atoms with Crippen molar-refractivity contribution in [3.63, 3.8) is 0 Å². The van der Waals surface area contributed by atoms with Crippen LogP contribution in [0.15, 0.2) is 17.5 Å². The van der Waals surface area contributed by atoms with Gasteiger partial charge in [0.25, 0.3) is 5.91 Å². The third-order valence-electron chi connectivity index (χ3n) is 3.33. The second-order valence-electron chi connectivity index (χ2n) is 5.43. The number of carbonyl (C=O) groups excluding carboxylic acids is 2. The molecule has 0 radical (unpaired) electrons. The van der Waals surface area contributed by atoms with Crippen molar-refractivity contribution in [1.82, 2.24) is 10.6 Å². The van der Waals surface area contributed by atoms with Crippen molar-refractivity contribution in [1.29, 1.82) is 0 Å². The van der Waals surface area contributed by atoms with Gasteiger partial charge in [0.1, 0.15) is 0 Å². The Kier molecular flexibility index (Phi) is 4.67. The maximum Gasteiger partial charge on any atom is 0.261 e. The molecule has 21 heavy (non-hydrogen) atoms. The highest BCUT2D eigenvalue weighted by molar-refractivity contribution is 7.91. The molecule has 1 aliphatic heterocycles. The van der Waals surface area contributed by atoms with Crippen LogP contribution in [0.5, 0.6) is 0 Å². The van der Waals surface area contributed by atoms with E-state index in [2.05, 4.69) is 10.6 Å². The fraction of sp³-hybridized carbons (Fsp3) is 0.538. The van der Waals surface area contributed by atoms with Gasteiger partial charge in [-0.2, -0.15) is 0 Å². The number of sulfone groups is 1. The molecule has 1 unspecified atom stereocenters. The third-order valence-corrected chi connectivity index (χ3v) is 6.10. The van der Waals surface area contributed by atoms with Crippen molar-refractivity contribution in [2.45, 2.75) is 25.3 Å². The summed E-state index contributed by atoms with van der Waals surface area (Å²) in [5.74, 6) is -0.361. The van der Waals surface area contributed by atoms with Crippen LogP contribution < -0.4 is 10.6 Å². The lowest BCUT2D eigenvalue weighted by atomic mass is 10.0. The molecular weight excluding hydrogens is 312 g/mol. The molecule has 2 N–H and O–H groups in total. The number of amides is 2. The summed E-state index contributed by atoms with van der Waals surface area (Å²) >= 11 is 1.34. The molecule has 1 fully saturated rings. The molecule has 2 amide bonds. The molecule has 8 heteroatoms. The third kappa shape index (κ3) is 4.53. The van der Waals surface area contributed by atoms with Gasteiger partial charge in [-0.1, -0.05) is 6.07 Å². The van der Waals surface area contributed by atoms with Crippen molar-refractivity contribution in [3.8, 4) is 0 Å². The first-order valence-corrected chi connectivity index (χ1v) is 9.33. The van der Waals surface area contributed by atoms with Gasteiger partial charge < -0.3 is 10.6 Å². The minimum Gasteiger partial charge on any atom is -0.351 e. The standard InChI is InChI=1S/C13H18N2O4S2/c1-13(5-8-21(18,19)9-13)15-11(16)4-6-14-12(17)10-3-2-7-20-10/h2-3,7H,4-6,8-9H2,1H3,(H,14,17)(H,15,16). The SMILES string of the molecule is CC1(NC(=O)CCNC(=O)c2cccs2)CCS(=O)(=O)C1. The molecule has 0 aromatic carbocycles. The molecule has 1 aromatic rings. The van der Waals surface area contributed by atoms with Gasteiger partial charge >= 0.3 is 0 Å². The maximum absolute atomic E-state index is 11.8. The van der Waals surface area contributed by atoms with Crippen molar-refractivity contribution < 1.29 is 18.0 Å². The molecule has 0 bridgehead atoms. The van der Waals surface area contributed by atoms with Crippen molar-refractivity contribution in [3.05, 3.63) is 22.4 Å². The van der Waals surface area contributed by atoms with Crippen LogP contribution in [0.3, 0.4) is 0 Å². The van der Waals surface area contributed by atoms with Crippen molar-refractivity contribution in [2.75, 3.05) is 18.1 Å². The van der Waals surface area contributed by atoms with Gasteiger partial charge in [0.05, 0.1) is 21.9 Å². The Labute approximate surface area is 127 Å². The molecule has 116 valence electrons. The molecule has 2 rings (SSSR count). The maximum atomic E-state index is 11.8. The van der Waals surface area contributed by atoms with Gasteiger partial charge in [-0.05, 0) is 24.8 Å². The van der Waals surface area contributed by atoms with Crippen LogP contribution in [0, 0.1) is 0 Å². The lowest BCUT2D eigenvalue weighted by Crippen LogP contribution is -2.47. The van der Waals surface area contributed by atoms with Gasteiger partial charge in [0.2, 0.25) is 5.91 Å². The summed E-state index contributed by atoms with van der Waals surface area (Å²) in [5, 5.41) is 7.22. The smallest absolute Gasteiger partial charge is 0.261 e. The Bertz CT molecular complexity index is 625. The Morgan fingerprint density at radius 3 is 2.76 bits per heavy atom. The molecular formula is C13H18N2O4S2. The van der Waals surface area contributed by atoms with Gasteiger partial charge in [-0.15, -0.1) is 11.3 Å². The summed E-state index contributed by atoms with van der Waals surface area (Å²) in [7, 11) is -3.05. The molecule has 0 saturated carbocycles. The zero-order chi connectivity index (χ0) is 15.5. The van der Waals surface area contributed by atoms with Crippen LogP contribution in [-0.4, -0.2) is 43.8 Å². The Morgan fingerprint density at radius 2 is 2.19 bits per heavy atom. The van der Waals surface area contributed by atoms with E-state index in [1.54, 1.807) is 19.1 Å². The van der Waals surface area contributed by atoms with E-state index in [-0.39, 0.29) is 36.3 Å². The molecule has 1 aromatic heterocycles. The van der Waals surface area contributed by atoms with Crippen LogP contribution in [-0.2, 0) is 14.6 Å². The topological polar surface area (TPSA) is 92.3 Å². The number of rotatable bonds is 5. The van der Waals surface area contributed by atoms with Crippen LogP contribution in [0.25, 0.3) is 0 Å². The normalized spacial score (nSPS) is 23.7. The van der Waals surface area contributed by atoms with Crippen LogP contribution in [0.2, 0.25) is 0 Å². The average Bonchev–Trinajstić information content (AvgIpc) is 2.97. The van der Waals surface area contributed by atoms with Gasteiger partial charge in [0.15, 0.2) is 9.84 Å². The Balaban J connectivity index is 1.74. The summed E-state index contributed by atoms with van der Waals surface area (Å²) in [6.45, 7) is 1.96. The van der Waals surface area contributed by atoms with Crippen LogP contribution in [0.4, 0.5) is 0 Å². The highest BCUT2D eigenvalue weighted by atomic mass is 32.2. The second kappa shape index (κ2) is 6.15. The van der Waals surface area contributed by atoms with Crippen molar-refractivity contribution in [2.24, 2.45) is 0 Å². The van der Waals surface area contributed by atoms with E-state index in [9.17, 15) is 18.0 Å². The molecule has 2 heterocycles. The largest absolute Gasteiger partial charge is 0.351 e. The number of hydrogen-bond acceptors (Lipinski definition) is 5. The first-order chi connectivity index (χ1) is 9.80. The predicted octanol–water partition coefficient (Wildman–Crippen LogP) is 0.561. The molecule has 1 saturated heterocycles. The van der Waals surface area contributed by atoms with E-state index in [0.29, 0.717) is 11.3 Å². The predicted molar refractivity (Wildman–Crippen MR) is 81.1 cm³/mol. The molecule has 1 aliphatic rings. The van der Waals surface area contributed by atoms with Crippen LogP contribution >= 0.6 is 11.3 Å². The summed E-state index contributed by atoms with van der Waals surface area (Å²) < 4.78 is 22.9. The fourth-order valence-electron chi connectivity index (χ4n) is 2.29. The number of nitrogens with one attached hydrogen (secondary N) is 2. The first kappa shape index (κ1) is 16.0. The minimum absolute atomic E-state index is 0.0205. The summed E-state index contributed by atoms with van der Waals surface area (Å²) in [5.41, 5.74) is -0.687. The molecule has 1 atom stereocenters. The van der Waals surface area contributed by atoms with Gasteiger partial charge in [-0.3, -0.25) is 9.59 Å². The van der Waals surface area contributed by atoms with E-state index < -0.39 is 15.4 Å². The monoisotopic (exact) mass is 330 g/mol. The lowest BCUT2D eigenvalue weighted by Gasteiger charge is -2.23. The van der Waals surface area contributed by atoms with E-state index in [0.717, 1.165) is 0 Å². The van der Waals surface area contributed by atoms with E-state index >= 15 is 0 Å². The number of carbonyl (C=O) groups is 2. The van der Waals surface area contributed by atoms with Crippen LogP contribution in [0.1, 0.15) is 29.4 Å². The minimum atomic E-state index is -3.05. The molecule has 0 spiro atoms. The Morgan fingerprint density at radius 1 is 1.43 bits per heavy atom. The summed E-state index contributed by atoms with van der Waals surface area (Å²) in [4.78, 5) is 24.1. The molecule has 0 aliphatic carbocycles. The van der Waals surface area contributed by atoms with Crippen molar-refractivity contribution >= 4 is 33.0 Å². The zero-order valence-corrected chi connectivity index (χ0v) is 13.4. The van der Waals surface area contributed by atoms with E-state index in [4.69, 9.17) is 0 Å². The first-order valence-electron chi connectivity index (χ1n) is 6.63. The second-order valence-corrected chi connectivity index (χ2v) is 8.57. The highest BCUT2D eigenvalue weighted by Crippen LogP contribution is 2.22. The number of thiophene rings is 1. The fourth-order valence-corrected chi connectivity index (χ4v) is 5.03. The molecule has 6 nitrogen and oxygen atoms in total. The quantitative estimate of drug-likeness (QED) is 0.825. The Hall–Kier alpha value is -1.41. The summed E-state index contributed by atoms with van der Waals surface area (Å²) in [6.07, 6.45) is 0.565. The summed E-state index contributed by atoms with van der Waals surface area (Å²) in [6, 6.07) is 3.50. The highest BCUT2D eigenvalue weighted by Gasteiger charge is 2.39. The average molecular weight is 330 g/mol. The van der Waals surface area contributed by atoms with Gasteiger partial charge in [-0.25, -0.2) is 8.42 Å². The van der Waals surface area contributed by atoms with E-state index in [1.165, 1.54) is 11.3 Å². The lowest BCUT2D eigenvalue weighted by molar-refractivity contribution is -0.122. The number of hydrogen-bond donors (Lipinski definition) is 2. The zero-order valence-electron chi connectivity index (χ0n) is 11.7. The van der Waals surface area contributed by atoms with E-state index in [1.807, 2.05) is 5.38 Å². The van der Waals surface area contributed by atoms with Gasteiger partial charge in [0, 0.05) is 13.0 Å².